The Balaban J connectivity index is 2.32. The molecule has 136 valence electrons. The Morgan fingerprint density at radius 1 is 1.42 bits per heavy atom. The third-order valence-corrected chi connectivity index (χ3v) is 3.49. The molecule has 0 radical (unpaired) electrons. The second-order valence-corrected chi connectivity index (χ2v) is 6.50. The summed E-state index contributed by atoms with van der Waals surface area (Å²) in [5.41, 5.74) is 0.0756. The summed E-state index contributed by atoms with van der Waals surface area (Å²) < 4.78 is 24.9. The number of rotatable bonds is 9. The van der Waals surface area contributed by atoms with Crippen LogP contribution in [0.15, 0.2) is 22.7 Å². The minimum absolute atomic E-state index is 0.0645. The number of likely N-dealkylation sites (N-methyl/N-ethyl adjacent to an activating group) is 1. The molecule has 8 heteroatoms. The van der Waals surface area contributed by atoms with Crippen molar-refractivity contribution in [1.82, 2.24) is 4.90 Å². The normalized spacial score (nSPS) is 12.3. The summed E-state index contributed by atoms with van der Waals surface area (Å²) in [6, 6.07) is 3.83. The van der Waals surface area contributed by atoms with Gasteiger partial charge in [0.05, 0.1) is 44.3 Å². The number of hydrogen-bond donors (Lipinski definition) is 2. The molecule has 0 aromatic heterocycles. The monoisotopic (exact) mass is 406 g/mol. The van der Waals surface area contributed by atoms with E-state index in [1.165, 1.54) is 24.1 Å². The van der Waals surface area contributed by atoms with E-state index in [1.54, 1.807) is 6.07 Å². The minimum atomic E-state index is -0.838. The molecule has 1 aromatic rings. The van der Waals surface area contributed by atoms with Gasteiger partial charge in [-0.1, -0.05) is 15.9 Å². The first-order valence-corrected chi connectivity index (χ1v) is 8.43. The molecule has 0 saturated heterocycles. The Kier molecular flexibility index (Phi) is 9.20. The van der Waals surface area contributed by atoms with E-state index in [4.69, 9.17) is 9.47 Å². The van der Waals surface area contributed by atoms with Crippen LogP contribution >= 0.6 is 15.9 Å². The van der Waals surface area contributed by atoms with Gasteiger partial charge in [-0.2, -0.15) is 0 Å². The van der Waals surface area contributed by atoms with E-state index in [1.807, 2.05) is 13.8 Å². The quantitative estimate of drug-likeness (QED) is 0.618. The van der Waals surface area contributed by atoms with Gasteiger partial charge in [0.1, 0.15) is 5.82 Å². The van der Waals surface area contributed by atoms with E-state index in [9.17, 15) is 14.3 Å². The maximum absolute atomic E-state index is 13.7. The lowest BCUT2D eigenvalue weighted by molar-refractivity contribution is -0.0144. The summed E-state index contributed by atoms with van der Waals surface area (Å²) in [7, 11) is 1.51. The fourth-order valence-corrected chi connectivity index (χ4v) is 2.15. The van der Waals surface area contributed by atoms with Gasteiger partial charge in [0, 0.05) is 11.5 Å². The number of hydrogen-bond acceptors (Lipinski definition) is 4. The van der Waals surface area contributed by atoms with Gasteiger partial charge in [-0.3, -0.25) is 0 Å². The largest absolute Gasteiger partial charge is 0.389 e. The Morgan fingerprint density at radius 2 is 2.12 bits per heavy atom. The first-order chi connectivity index (χ1) is 11.3. The number of benzene rings is 1. The van der Waals surface area contributed by atoms with Crippen LogP contribution in [-0.4, -0.2) is 61.7 Å². The maximum atomic E-state index is 13.7. The molecule has 0 spiro atoms. The van der Waals surface area contributed by atoms with E-state index in [0.29, 0.717) is 17.7 Å². The number of nitrogens with zero attached hydrogens (tertiary/aromatic N) is 1. The van der Waals surface area contributed by atoms with Crippen molar-refractivity contribution in [1.29, 1.82) is 0 Å². The summed E-state index contributed by atoms with van der Waals surface area (Å²) in [5, 5.41) is 12.3. The van der Waals surface area contributed by atoms with Crippen molar-refractivity contribution in [2.45, 2.75) is 26.1 Å². The third-order valence-electron chi connectivity index (χ3n) is 2.99. The second-order valence-electron chi connectivity index (χ2n) is 5.58. The van der Waals surface area contributed by atoms with Gasteiger partial charge in [-0.15, -0.1) is 0 Å². The first kappa shape index (κ1) is 20.8. The molecule has 24 heavy (non-hydrogen) atoms. The van der Waals surface area contributed by atoms with Crippen LogP contribution in [0.2, 0.25) is 0 Å². The first-order valence-electron chi connectivity index (χ1n) is 7.64. The molecule has 2 N–H and O–H groups in total. The number of carbonyl (C=O) groups is 1. The Morgan fingerprint density at radius 3 is 2.75 bits per heavy atom. The highest BCUT2D eigenvalue weighted by atomic mass is 79.9. The SMILES string of the molecule is CC(C)OCCOCC(O)CN(C)C(=O)Nc1ccc(Br)cc1F. The van der Waals surface area contributed by atoms with Crippen molar-refractivity contribution in [2.75, 3.05) is 38.7 Å². The van der Waals surface area contributed by atoms with Crippen molar-refractivity contribution >= 4 is 27.6 Å². The molecular formula is C16H24BrFN2O4. The highest BCUT2D eigenvalue weighted by Gasteiger charge is 2.15. The number of halogens is 2. The summed E-state index contributed by atoms with van der Waals surface area (Å²) in [4.78, 5) is 13.3. The Labute approximate surface area is 150 Å². The number of anilines is 1. The second kappa shape index (κ2) is 10.6. The molecule has 1 atom stereocenters. The van der Waals surface area contributed by atoms with Crippen molar-refractivity contribution in [3.05, 3.63) is 28.5 Å². The molecule has 0 fully saturated rings. The predicted molar refractivity (Wildman–Crippen MR) is 93.7 cm³/mol. The lowest BCUT2D eigenvalue weighted by Crippen LogP contribution is -2.39. The van der Waals surface area contributed by atoms with Crippen LogP contribution in [0.4, 0.5) is 14.9 Å². The zero-order valence-electron chi connectivity index (χ0n) is 14.1. The number of amides is 2. The van der Waals surface area contributed by atoms with Crippen LogP contribution in [-0.2, 0) is 9.47 Å². The highest BCUT2D eigenvalue weighted by molar-refractivity contribution is 9.10. The highest BCUT2D eigenvalue weighted by Crippen LogP contribution is 2.19. The molecule has 0 bridgehead atoms. The number of aliphatic hydroxyl groups is 1. The van der Waals surface area contributed by atoms with Gasteiger partial charge in [0.15, 0.2) is 0 Å². The minimum Gasteiger partial charge on any atom is -0.389 e. The van der Waals surface area contributed by atoms with Gasteiger partial charge in [0.2, 0.25) is 0 Å². The number of carbonyl (C=O) groups excluding carboxylic acids is 1. The summed E-state index contributed by atoms with van der Waals surface area (Å²) >= 11 is 3.15. The summed E-state index contributed by atoms with van der Waals surface area (Å²) in [6.45, 7) is 4.83. The number of aliphatic hydroxyl groups excluding tert-OH is 1. The van der Waals surface area contributed by atoms with Gasteiger partial charge in [-0.25, -0.2) is 9.18 Å². The lowest BCUT2D eigenvalue weighted by Gasteiger charge is -2.21. The van der Waals surface area contributed by atoms with Crippen molar-refractivity contribution in [3.8, 4) is 0 Å². The van der Waals surface area contributed by atoms with Gasteiger partial charge < -0.3 is 24.8 Å². The molecule has 0 aliphatic rings. The molecule has 1 unspecified atom stereocenters. The van der Waals surface area contributed by atoms with Crippen LogP contribution < -0.4 is 5.32 Å². The van der Waals surface area contributed by atoms with Crippen LogP contribution in [0.3, 0.4) is 0 Å². The van der Waals surface area contributed by atoms with Gasteiger partial charge in [0.25, 0.3) is 0 Å². The Hall–Kier alpha value is -1.22. The molecule has 2 amide bonds. The Bertz CT molecular complexity index is 531. The van der Waals surface area contributed by atoms with Crippen LogP contribution in [0.5, 0.6) is 0 Å². The molecule has 6 nitrogen and oxygen atoms in total. The summed E-state index contributed by atoms with van der Waals surface area (Å²) in [6.07, 6.45) is -0.707. The van der Waals surface area contributed by atoms with Crippen LogP contribution in [0.25, 0.3) is 0 Å². The molecule has 0 saturated carbocycles. The lowest BCUT2D eigenvalue weighted by atomic mass is 10.3. The van der Waals surface area contributed by atoms with E-state index >= 15 is 0 Å². The van der Waals surface area contributed by atoms with Crippen LogP contribution in [0.1, 0.15) is 13.8 Å². The van der Waals surface area contributed by atoms with E-state index in [-0.39, 0.29) is 24.9 Å². The maximum Gasteiger partial charge on any atom is 0.321 e. The smallest absolute Gasteiger partial charge is 0.321 e. The third kappa shape index (κ3) is 8.05. The number of nitrogens with one attached hydrogen (secondary N) is 1. The predicted octanol–water partition coefficient (Wildman–Crippen LogP) is 2.85. The zero-order valence-corrected chi connectivity index (χ0v) is 15.7. The molecular weight excluding hydrogens is 383 g/mol. The van der Waals surface area contributed by atoms with Crippen molar-refractivity contribution in [3.63, 3.8) is 0 Å². The van der Waals surface area contributed by atoms with E-state index in [0.717, 1.165) is 0 Å². The summed E-state index contributed by atoms with van der Waals surface area (Å²) in [5.74, 6) is -0.542. The average Bonchev–Trinajstić information content (AvgIpc) is 2.49. The average molecular weight is 407 g/mol. The fraction of sp³-hybridized carbons (Fsp3) is 0.562. The van der Waals surface area contributed by atoms with Gasteiger partial charge >= 0.3 is 6.03 Å². The molecule has 1 rings (SSSR count). The van der Waals surface area contributed by atoms with E-state index < -0.39 is 18.0 Å². The molecule has 1 aromatic carbocycles. The van der Waals surface area contributed by atoms with Crippen molar-refractivity contribution in [2.24, 2.45) is 0 Å². The number of ether oxygens (including phenoxy) is 2. The van der Waals surface area contributed by atoms with Gasteiger partial charge in [-0.05, 0) is 32.0 Å². The topological polar surface area (TPSA) is 71.0 Å². The number of urea groups is 1. The molecule has 0 heterocycles. The van der Waals surface area contributed by atoms with Crippen molar-refractivity contribution < 1.29 is 23.8 Å². The standard InChI is InChI=1S/C16H24BrFN2O4/c1-11(2)24-7-6-23-10-13(21)9-20(3)16(22)19-15-5-4-12(17)8-14(15)18/h4-5,8,11,13,21H,6-7,9-10H2,1-3H3,(H,19,22). The van der Waals surface area contributed by atoms with E-state index in [2.05, 4.69) is 21.2 Å². The molecule has 0 aliphatic heterocycles. The molecule has 0 aliphatic carbocycles. The zero-order chi connectivity index (χ0) is 18.1. The van der Waals surface area contributed by atoms with Crippen LogP contribution in [0, 0.1) is 5.82 Å². The fourth-order valence-electron chi connectivity index (χ4n) is 1.82.